The molecule has 7 nitrogen and oxygen atoms in total. The quantitative estimate of drug-likeness (QED) is 0.506. The van der Waals surface area contributed by atoms with Crippen molar-refractivity contribution in [3.05, 3.63) is 0 Å². The summed E-state index contributed by atoms with van der Waals surface area (Å²) in [4.78, 5) is 22.7. The van der Waals surface area contributed by atoms with Crippen LogP contribution in [0.3, 0.4) is 0 Å². The van der Waals surface area contributed by atoms with E-state index in [0.717, 1.165) is 25.7 Å². The summed E-state index contributed by atoms with van der Waals surface area (Å²) in [5.74, 6) is 0.0232. The third-order valence-corrected chi connectivity index (χ3v) is 5.14. The lowest BCUT2D eigenvalue weighted by molar-refractivity contribution is -0.121. The van der Waals surface area contributed by atoms with Crippen molar-refractivity contribution in [2.45, 2.75) is 50.4 Å². The van der Waals surface area contributed by atoms with E-state index < -0.39 is 0 Å². The van der Waals surface area contributed by atoms with Gasteiger partial charge < -0.3 is 24.8 Å². The molecule has 0 bridgehead atoms. The molecule has 1 fully saturated rings. The minimum absolute atomic E-state index is 0.0232. The molecule has 0 aliphatic heterocycles. The lowest BCUT2D eigenvalue weighted by Gasteiger charge is -2.27. The molecule has 2 N–H and O–H groups in total. The number of ether oxygens (including phenoxy) is 3. The molecule has 0 aromatic rings. The lowest BCUT2D eigenvalue weighted by atomic mass is 9.97. The Morgan fingerprint density at radius 3 is 2.12 bits per heavy atom. The molecule has 146 valence electrons. The van der Waals surface area contributed by atoms with E-state index in [9.17, 15) is 9.59 Å². The number of amides is 2. The second-order valence-corrected chi connectivity index (χ2v) is 7.03. The first-order valence-corrected chi connectivity index (χ1v) is 10.3. The third-order valence-electron chi connectivity index (χ3n) is 4.01. The molecule has 0 heterocycles. The Labute approximate surface area is 154 Å². The first-order chi connectivity index (χ1) is 12.2. The molecule has 25 heavy (non-hydrogen) atoms. The van der Waals surface area contributed by atoms with E-state index >= 15 is 0 Å². The standard InChI is InChI=1S/C17H32N2O5S/c1-3-16(20)18-8-10-22-12-13-23-11-9-19-17(21)24-14-4-6-15(25-2)7-5-14/h14-15H,3-13H2,1-2H3,(H,18,20)(H,19,21). The molecule has 0 saturated heterocycles. The van der Waals surface area contributed by atoms with E-state index in [1.54, 1.807) is 0 Å². The Morgan fingerprint density at radius 1 is 0.960 bits per heavy atom. The fourth-order valence-corrected chi connectivity index (χ4v) is 3.26. The number of hydrogen-bond acceptors (Lipinski definition) is 6. The second-order valence-electron chi connectivity index (χ2n) is 5.89. The van der Waals surface area contributed by atoms with Crippen LogP contribution in [0.25, 0.3) is 0 Å². The van der Waals surface area contributed by atoms with Crippen LogP contribution < -0.4 is 10.6 Å². The molecule has 1 aliphatic rings. The summed E-state index contributed by atoms with van der Waals surface area (Å²) in [7, 11) is 0. The summed E-state index contributed by atoms with van der Waals surface area (Å²) in [6.45, 7) is 4.55. The topological polar surface area (TPSA) is 85.9 Å². The van der Waals surface area contributed by atoms with Crippen LogP contribution in [0.4, 0.5) is 4.79 Å². The molecular weight excluding hydrogens is 344 g/mol. The molecule has 1 saturated carbocycles. The highest BCUT2D eigenvalue weighted by Gasteiger charge is 2.23. The number of rotatable bonds is 12. The Morgan fingerprint density at radius 2 is 1.56 bits per heavy atom. The van der Waals surface area contributed by atoms with Gasteiger partial charge in [0.2, 0.25) is 5.91 Å². The number of nitrogens with one attached hydrogen (secondary N) is 2. The van der Waals surface area contributed by atoms with Gasteiger partial charge in [0.25, 0.3) is 0 Å². The van der Waals surface area contributed by atoms with Gasteiger partial charge in [0.1, 0.15) is 6.10 Å². The van der Waals surface area contributed by atoms with Crippen LogP contribution in [0.15, 0.2) is 0 Å². The Balaban J connectivity index is 1.86. The molecule has 1 aliphatic carbocycles. The molecule has 2 amide bonds. The van der Waals surface area contributed by atoms with Gasteiger partial charge in [-0.05, 0) is 31.9 Å². The summed E-state index contributed by atoms with van der Waals surface area (Å²) in [6.07, 6.45) is 6.43. The number of alkyl carbamates (subject to hydrolysis) is 1. The van der Waals surface area contributed by atoms with Crippen molar-refractivity contribution in [1.82, 2.24) is 10.6 Å². The van der Waals surface area contributed by atoms with Gasteiger partial charge >= 0.3 is 6.09 Å². The summed E-state index contributed by atoms with van der Waals surface area (Å²) >= 11 is 1.90. The lowest BCUT2D eigenvalue weighted by Crippen LogP contribution is -2.33. The fraction of sp³-hybridized carbons (Fsp3) is 0.882. The number of thioether (sulfide) groups is 1. The third kappa shape index (κ3) is 11.3. The molecule has 0 radical (unpaired) electrons. The van der Waals surface area contributed by atoms with Gasteiger partial charge in [-0.25, -0.2) is 4.79 Å². The van der Waals surface area contributed by atoms with E-state index in [2.05, 4.69) is 16.9 Å². The van der Waals surface area contributed by atoms with Crippen LogP contribution >= 0.6 is 11.8 Å². The van der Waals surface area contributed by atoms with Crippen molar-refractivity contribution in [3.63, 3.8) is 0 Å². The van der Waals surface area contributed by atoms with Gasteiger partial charge in [-0.15, -0.1) is 0 Å². The fourth-order valence-electron chi connectivity index (χ4n) is 2.51. The van der Waals surface area contributed by atoms with Crippen molar-refractivity contribution in [3.8, 4) is 0 Å². The van der Waals surface area contributed by atoms with Gasteiger partial charge in [-0.1, -0.05) is 6.92 Å². The molecule has 0 aromatic carbocycles. The maximum absolute atomic E-state index is 11.7. The number of hydrogen-bond donors (Lipinski definition) is 2. The SMILES string of the molecule is CCC(=O)NCCOCCOCCNC(=O)OC1CCC(SC)CC1. The van der Waals surface area contributed by atoms with E-state index in [4.69, 9.17) is 14.2 Å². The molecule has 0 unspecified atom stereocenters. The Kier molecular flexibility index (Phi) is 12.5. The van der Waals surface area contributed by atoms with Gasteiger partial charge in [0.05, 0.1) is 26.4 Å². The highest BCUT2D eigenvalue weighted by Crippen LogP contribution is 2.28. The van der Waals surface area contributed by atoms with Crippen molar-refractivity contribution in [2.75, 3.05) is 45.8 Å². The van der Waals surface area contributed by atoms with Crippen molar-refractivity contribution in [2.24, 2.45) is 0 Å². The average molecular weight is 377 g/mol. The monoisotopic (exact) mass is 376 g/mol. The molecule has 8 heteroatoms. The maximum Gasteiger partial charge on any atom is 0.407 e. The van der Waals surface area contributed by atoms with Gasteiger partial charge in [-0.2, -0.15) is 11.8 Å². The summed E-state index contributed by atoms with van der Waals surface area (Å²) in [6, 6.07) is 0. The summed E-state index contributed by atoms with van der Waals surface area (Å²) in [5.41, 5.74) is 0. The van der Waals surface area contributed by atoms with Gasteiger partial charge in [0, 0.05) is 24.8 Å². The zero-order valence-electron chi connectivity index (χ0n) is 15.4. The number of carbonyl (C=O) groups is 2. The van der Waals surface area contributed by atoms with Crippen molar-refractivity contribution >= 4 is 23.8 Å². The van der Waals surface area contributed by atoms with E-state index in [1.165, 1.54) is 0 Å². The number of carbonyl (C=O) groups excluding carboxylic acids is 2. The van der Waals surface area contributed by atoms with Crippen LogP contribution in [0.1, 0.15) is 39.0 Å². The van der Waals surface area contributed by atoms with Crippen LogP contribution in [-0.4, -0.2) is 69.1 Å². The molecule has 1 rings (SSSR count). The van der Waals surface area contributed by atoms with E-state index in [0.29, 0.717) is 51.2 Å². The summed E-state index contributed by atoms with van der Waals surface area (Å²) < 4.78 is 16.1. The highest BCUT2D eigenvalue weighted by molar-refractivity contribution is 7.99. The second kappa shape index (κ2) is 14.2. The average Bonchev–Trinajstić information content (AvgIpc) is 2.63. The van der Waals surface area contributed by atoms with Gasteiger partial charge in [-0.3, -0.25) is 4.79 Å². The normalized spacial score (nSPS) is 20.1. The Bertz CT molecular complexity index is 376. The largest absolute Gasteiger partial charge is 0.446 e. The van der Waals surface area contributed by atoms with Crippen LogP contribution in [0, 0.1) is 0 Å². The van der Waals surface area contributed by atoms with E-state index in [-0.39, 0.29) is 18.1 Å². The zero-order chi connectivity index (χ0) is 18.3. The molecule has 0 spiro atoms. The molecule has 0 atom stereocenters. The highest BCUT2D eigenvalue weighted by atomic mass is 32.2. The van der Waals surface area contributed by atoms with Crippen LogP contribution in [-0.2, 0) is 19.0 Å². The van der Waals surface area contributed by atoms with Crippen LogP contribution in [0.5, 0.6) is 0 Å². The van der Waals surface area contributed by atoms with Crippen molar-refractivity contribution in [1.29, 1.82) is 0 Å². The molecule has 0 aromatic heterocycles. The minimum atomic E-state index is -0.362. The van der Waals surface area contributed by atoms with Gasteiger partial charge in [0.15, 0.2) is 0 Å². The summed E-state index contributed by atoms with van der Waals surface area (Å²) in [5, 5.41) is 6.14. The molecular formula is C17H32N2O5S. The first kappa shape index (κ1) is 22.1. The predicted octanol–water partition coefficient (Wildman–Crippen LogP) is 1.95. The predicted molar refractivity (Wildman–Crippen MR) is 99.0 cm³/mol. The van der Waals surface area contributed by atoms with Crippen LogP contribution in [0.2, 0.25) is 0 Å². The Hall–Kier alpha value is -0.990. The first-order valence-electron chi connectivity index (χ1n) is 9.05. The smallest absolute Gasteiger partial charge is 0.407 e. The van der Waals surface area contributed by atoms with Crippen molar-refractivity contribution < 1.29 is 23.8 Å². The zero-order valence-corrected chi connectivity index (χ0v) is 16.2. The minimum Gasteiger partial charge on any atom is -0.446 e. The maximum atomic E-state index is 11.7. The van der Waals surface area contributed by atoms with E-state index in [1.807, 2.05) is 18.7 Å².